The third kappa shape index (κ3) is 7.35. The van der Waals surface area contributed by atoms with Gasteiger partial charge >= 0.3 is 35.5 Å². The van der Waals surface area contributed by atoms with E-state index in [1.165, 1.54) is 7.11 Å². The number of aliphatic hydroxyl groups is 2. The fourth-order valence-electron chi connectivity index (χ4n) is 10.2. The SMILES string of the molecule is CC[C@@]1(C2O[C@@H](C3O[C@@](O)(CC)[C@H](C)C[C@@H]3C)C[C@@H]2C)CC[C@H]([C@]2(C)CCC3(C[C@H](O)[C@@H](C)[C@@H]([C@H](C)[C@@H](OC)[C@H](C)C(=O)O)O3)O2)O1.[Na+]. The fraction of sp³-hybridized carbons (Fsp3) is 0.973. The van der Waals surface area contributed by atoms with Crippen molar-refractivity contribution in [3.63, 3.8) is 0 Å². The number of ether oxygens (including phenoxy) is 6. The van der Waals surface area contributed by atoms with E-state index in [9.17, 15) is 20.1 Å². The number of rotatable bonds is 10. The molecule has 3 N–H and O–H groups in total. The van der Waals surface area contributed by atoms with Crippen LogP contribution in [0, 0.1) is 35.5 Å². The molecule has 5 saturated heterocycles. The first-order valence-electron chi connectivity index (χ1n) is 18.5. The molecule has 48 heavy (non-hydrogen) atoms. The van der Waals surface area contributed by atoms with Gasteiger partial charge in [0.25, 0.3) is 0 Å². The van der Waals surface area contributed by atoms with Crippen molar-refractivity contribution in [3.05, 3.63) is 0 Å². The maximum atomic E-state index is 11.8. The zero-order valence-electron chi connectivity index (χ0n) is 31.6. The fourth-order valence-corrected chi connectivity index (χ4v) is 10.2. The number of carbonyl (C=O) groups is 1. The van der Waals surface area contributed by atoms with Gasteiger partial charge in [-0.1, -0.05) is 48.5 Å². The zero-order chi connectivity index (χ0) is 34.7. The van der Waals surface area contributed by atoms with Crippen LogP contribution in [0.5, 0.6) is 0 Å². The minimum atomic E-state index is -1.12. The van der Waals surface area contributed by atoms with E-state index in [-0.39, 0.29) is 83.6 Å². The Morgan fingerprint density at radius 1 is 0.979 bits per heavy atom. The van der Waals surface area contributed by atoms with Crippen LogP contribution in [0.4, 0.5) is 0 Å². The maximum Gasteiger partial charge on any atom is 1.00 e. The first-order chi connectivity index (χ1) is 22.0. The molecule has 272 valence electrons. The van der Waals surface area contributed by atoms with E-state index < -0.39 is 53.0 Å². The molecule has 0 aliphatic carbocycles. The van der Waals surface area contributed by atoms with E-state index in [1.807, 2.05) is 20.8 Å². The van der Waals surface area contributed by atoms with Crippen molar-refractivity contribution in [2.75, 3.05) is 7.11 Å². The van der Waals surface area contributed by atoms with Crippen molar-refractivity contribution in [3.8, 4) is 0 Å². The Bertz CT molecular complexity index is 1110. The molecule has 3 unspecified atom stereocenters. The Labute approximate surface area is 310 Å². The van der Waals surface area contributed by atoms with Crippen molar-refractivity contribution in [1.82, 2.24) is 0 Å². The normalized spacial score (nSPS) is 49.8. The smallest absolute Gasteiger partial charge is 0.481 e. The second-order valence-corrected chi connectivity index (χ2v) is 16.5. The summed E-state index contributed by atoms with van der Waals surface area (Å²) in [4.78, 5) is 11.8. The number of hydrogen-bond acceptors (Lipinski definition) is 9. The molecule has 1 spiro atoms. The summed E-state index contributed by atoms with van der Waals surface area (Å²) in [5, 5.41) is 32.2. The molecule has 0 aromatic heterocycles. The molecule has 0 saturated carbocycles. The number of aliphatic carboxylic acids is 1. The Morgan fingerprint density at radius 3 is 2.27 bits per heavy atom. The van der Waals surface area contributed by atoms with Crippen molar-refractivity contribution < 1.29 is 78.1 Å². The quantitative estimate of drug-likeness (QED) is 0.294. The van der Waals surface area contributed by atoms with Gasteiger partial charge in [0.2, 0.25) is 0 Å². The van der Waals surface area contributed by atoms with Crippen molar-refractivity contribution in [2.45, 2.75) is 186 Å². The van der Waals surface area contributed by atoms with Crippen LogP contribution in [0.1, 0.15) is 120 Å². The zero-order valence-corrected chi connectivity index (χ0v) is 33.6. The Balaban J connectivity index is 0.00000520. The molecule has 5 aliphatic heterocycles. The molecule has 11 heteroatoms. The van der Waals surface area contributed by atoms with E-state index in [1.54, 1.807) is 6.92 Å². The van der Waals surface area contributed by atoms with Gasteiger partial charge in [0.05, 0.1) is 59.8 Å². The minimum absolute atomic E-state index is 0. The summed E-state index contributed by atoms with van der Waals surface area (Å²) in [6.07, 6.45) is 4.38. The number of methoxy groups -OCH3 is 1. The third-order valence-electron chi connectivity index (χ3n) is 13.3. The van der Waals surface area contributed by atoms with Gasteiger partial charge in [-0.05, 0) is 70.6 Å². The van der Waals surface area contributed by atoms with Crippen LogP contribution in [0.15, 0.2) is 0 Å². The monoisotopic (exact) mass is 691 g/mol. The minimum Gasteiger partial charge on any atom is -0.481 e. The van der Waals surface area contributed by atoms with Crippen LogP contribution in [0.2, 0.25) is 0 Å². The number of carboxylic acids is 1. The molecule has 0 amide bonds. The topological polar surface area (TPSA) is 133 Å². The summed E-state index contributed by atoms with van der Waals surface area (Å²) in [7, 11) is 1.53. The summed E-state index contributed by atoms with van der Waals surface area (Å²) in [5.74, 6) is -3.59. The summed E-state index contributed by atoms with van der Waals surface area (Å²) in [5.41, 5.74) is -1.07. The predicted molar refractivity (Wildman–Crippen MR) is 176 cm³/mol. The molecular weight excluding hydrogens is 627 g/mol. The number of carboxylic acid groups (broad SMARTS) is 1. The first kappa shape index (κ1) is 40.9. The van der Waals surface area contributed by atoms with Crippen LogP contribution in [0.25, 0.3) is 0 Å². The van der Waals surface area contributed by atoms with Gasteiger partial charge in [0.15, 0.2) is 11.6 Å². The summed E-state index contributed by atoms with van der Waals surface area (Å²) < 4.78 is 39.8. The molecule has 5 heterocycles. The van der Waals surface area contributed by atoms with Gasteiger partial charge in [-0.15, -0.1) is 0 Å². The molecule has 0 aromatic rings. The molecular formula is C37H64NaO10+. The molecule has 0 bridgehead atoms. The summed E-state index contributed by atoms with van der Waals surface area (Å²) in [6.45, 7) is 18.4. The Morgan fingerprint density at radius 2 is 1.67 bits per heavy atom. The van der Waals surface area contributed by atoms with Gasteiger partial charge in [-0.25, -0.2) is 0 Å². The molecule has 0 aromatic carbocycles. The predicted octanol–water partition coefficient (Wildman–Crippen LogP) is 2.69. The van der Waals surface area contributed by atoms with E-state index in [2.05, 4.69) is 34.6 Å². The molecule has 5 fully saturated rings. The Kier molecular flexibility index (Phi) is 13.0. The average Bonchev–Trinajstić information content (AvgIpc) is 3.73. The van der Waals surface area contributed by atoms with Gasteiger partial charge in [-0.2, -0.15) is 0 Å². The maximum absolute atomic E-state index is 11.8. The standard InChI is InChI=1S/C37H64O10.Na/c1-11-35(32-21(4)18-27(43-32)29-20(3)17-22(5)37(41,12-2)46-29)14-13-28(44-35)34(9)15-16-36(47-34)19-26(38)23(6)31(45-36)24(7)30(42-10)25(8)33(39)40;/h20-32,38,41H,11-19H2,1-10H3,(H,39,40);/q;+1/t20-,21-,22+,23+,24+,25-,26-,27+,28+,29?,30+,31-,32?,34-,35-,36?,37-;/m0./s1. The first-order valence-corrected chi connectivity index (χ1v) is 18.5. The number of aliphatic hydroxyl groups excluding tert-OH is 1. The van der Waals surface area contributed by atoms with Crippen LogP contribution < -0.4 is 29.6 Å². The van der Waals surface area contributed by atoms with Crippen molar-refractivity contribution >= 4 is 5.97 Å². The van der Waals surface area contributed by atoms with E-state index in [0.29, 0.717) is 19.3 Å². The van der Waals surface area contributed by atoms with Gasteiger partial charge in [-0.3, -0.25) is 4.79 Å². The third-order valence-corrected chi connectivity index (χ3v) is 13.3. The van der Waals surface area contributed by atoms with Crippen LogP contribution in [-0.2, 0) is 33.2 Å². The van der Waals surface area contributed by atoms with E-state index >= 15 is 0 Å². The molecule has 0 radical (unpaired) electrons. The van der Waals surface area contributed by atoms with Crippen LogP contribution in [0.3, 0.4) is 0 Å². The van der Waals surface area contributed by atoms with Gasteiger partial charge in [0, 0.05) is 37.7 Å². The second-order valence-electron chi connectivity index (χ2n) is 16.5. The van der Waals surface area contributed by atoms with E-state index in [0.717, 1.165) is 38.5 Å². The van der Waals surface area contributed by atoms with Crippen LogP contribution in [-0.4, -0.2) is 93.9 Å². The van der Waals surface area contributed by atoms with E-state index in [4.69, 9.17) is 28.4 Å². The number of hydrogen-bond donors (Lipinski definition) is 3. The summed E-state index contributed by atoms with van der Waals surface area (Å²) in [6, 6.07) is 0. The second kappa shape index (κ2) is 15.2. The van der Waals surface area contributed by atoms with Gasteiger partial charge in [0.1, 0.15) is 0 Å². The van der Waals surface area contributed by atoms with Crippen molar-refractivity contribution in [1.29, 1.82) is 0 Å². The van der Waals surface area contributed by atoms with Crippen LogP contribution >= 0.6 is 0 Å². The molecule has 17 atom stereocenters. The Hall–Kier alpha value is 0.150. The summed E-state index contributed by atoms with van der Waals surface area (Å²) >= 11 is 0. The van der Waals surface area contributed by atoms with Crippen molar-refractivity contribution in [2.24, 2.45) is 35.5 Å². The van der Waals surface area contributed by atoms with Gasteiger partial charge < -0.3 is 43.7 Å². The average molecular weight is 692 g/mol. The molecule has 5 rings (SSSR count). The largest absolute Gasteiger partial charge is 1.00 e. The molecule has 5 aliphatic rings. The molecule has 10 nitrogen and oxygen atoms in total.